The van der Waals surface area contributed by atoms with E-state index >= 15 is 0 Å². The zero-order valence-electron chi connectivity index (χ0n) is 8.12. The van der Waals surface area contributed by atoms with Crippen LogP contribution in [0.3, 0.4) is 0 Å². The molecule has 3 heteroatoms. The Kier molecular flexibility index (Phi) is 2.63. The average Bonchev–Trinajstić information content (AvgIpc) is 2.04. The maximum atomic E-state index is 13.9. The van der Waals surface area contributed by atoms with Gasteiger partial charge >= 0.3 is 0 Å². The van der Waals surface area contributed by atoms with Gasteiger partial charge < -0.3 is 0 Å². The highest BCUT2D eigenvalue weighted by molar-refractivity contribution is 7.68. The van der Waals surface area contributed by atoms with Crippen LogP contribution in [0.5, 0.6) is 0 Å². The fourth-order valence-corrected chi connectivity index (χ4v) is 2.34. The third kappa shape index (κ3) is 2.00. The minimum atomic E-state index is -3.73. The summed E-state index contributed by atoms with van der Waals surface area (Å²) >= 11 is 0. The molecule has 0 fully saturated rings. The zero-order valence-corrected chi connectivity index (χ0v) is 9.01. The second-order valence-corrected chi connectivity index (χ2v) is 6.96. The van der Waals surface area contributed by atoms with Crippen LogP contribution in [-0.2, 0) is 4.57 Å². The quantitative estimate of drug-likeness (QED) is 0.635. The van der Waals surface area contributed by atoms with Crippen molar-refractivity contribution < 1.29 is 8.76 Å². The molecular formula is C10H14FOP. The van der Waals surface area contributed by atoms with Gasteiger partial charge in [0.2, 0.25) is 0 Å². The summed E-state index contributed by atoms with van der Waals surface area (Å²) in [5, 5.41) is -0.503. The van der Waals surface area contributed by atoms with E-state index in [0.717, 1.165) is 0 Å². The lowest BCUT2D eigenvalue weighted by Crippen LogP contribution is -2.19. The number of halogens is 1. The molecule has 0 amide bonds. The van der Waals surface area contributed by atoms with E-state index in [4.69, 9.17) is 0 Å². The van der Waals surface area contributed by atoms with Crippen LogP contribution < -0.4 is 5.30 Å². The largest absolute Gasteiger partial charge is 0.282 e. The summed E-state index contributed by atoms with van der Waals surface area (Å²) in [6, 6.07) is 8.34. The first-order valence-electron chi connectivity index (χ1n) is 4.21. The SMILES string of the molecule is CC(C)(C)P(=O)(F)c1ccccc1. The van der Waals surface area contributed by atoms with Crippen LogP contribution >= 0.6 is 7.45 Å². The number of hydrogen-bond acceptors (Lipinski definition) is 1. The van der Waals surface area contributed by atoms with E-state index < -0.39 is 12.6 Å². The summed E-state index contributed by atoms with van der Waals surface area (Å²) in [5.74, 6) is 0. The molecular weight excluding hydrogens is 186 g/mol. The lowest BCUT2D eigenvalue weighted by atomic mass is 10.3. The van der Waals surface area contributed by atoms with Crippen LogP contribution in [-0.4, -0.2) is 5.16 Å². The van der Waals surface area contributed by atoms with Gasteiger partial charge in [0.1, 0.15) is 0 Å². The molecule has 1 rings (SSSR count). The Morgan fingerprint density at radius 1 is 1.15 bits per heavy atom. The van der Waals surface area contributed by atoms with Gasteiger partial charge in [0.15, 0.2) is 0 Å². The van der Waals surface area contributed by atoms with Gasteiger partial charge in [0.25, 0.3) is 7.45 Å². The van der Waals surface area contributed by atoms with Gasteiger partial charge in [-0.2, -0.15) is 4.20 Å². The van der Waals surface area contributed by atoms with Crippen molar-refractivity contribution >= 4 is 12.8 Å². The Morgan fingerprint density at radius 3 is 2.00 bits per heavy atom. The lowest BCUT2D eigenvalue weighted by Gasteiger charge is -2.23. The first kappa shape index (κ1) is 10.5. The smallest absolute Gasteiger partial charge is 0.277 e. The second-order valence-electron chi connectivity index (χ2n) is 4.04. The number of hydrogen-bond donors (Lipinski definition) is 0. The van der Waals surface area contributed by atoms with E-state index in [2.05, 4.69) is 0 Å². The summed E-state index contributed by atoms with van der Waals surface area (Å²) in [4.78, 5) is 0. The third-order valence-electron chi connectivity index (χ3n) is 1.95. The van der Waals surface area contributed by atoms with Crippen molar-refractivity contribution in [3.63, 3.8) is 0 Å². The van der Waals surface area contributed by atoms with E-state index in [-0.39, 0.29) is 0 Å². The van der Waals surface area contributed by atoms with E-state index in [1.54, 1.807) is 51.1 Å². The Hall–Kier alpha value is -0.620. The molecule has 0 aromatic heterocycles. The van der Waals surface area contributed by atoms with Crippen molar-refractivity contribution in [2.24, 2.45) is 0 Å². The normalized spacial score (nSPS) is 16.6. The molecule has 1 nitrogen and oxygen atoms in total. The topological polar surface area (TPSA) is 17.1 Å². The molecule has 0 aliphatic heterocycles. The Balaban J connectivity index is 3.17. The predicted molar refractivity (Wildman–Crippen MR) is 54.5 cm³/mol. The van der Waals surface area contributed by atoms with Crippen molar-refractivity contribution in [1.29, 1.82) is 0 Å². The standard InChI is InChI=1S/C10H14FOP/c1-10(2,3)13(11,12)9-7-5-4-6-8-9/h4-8H,1-3H3. The monoisotopic (exact) mass is 200 g/mol. The molecule has 1 unspecified atom stereocenters. The van der Waals surface area contributed by atoms with Crippen LogP contribution in [0.15, 0.2) is 30.3 Å². The number of benzene rings is 1. The molecule has 0 saturated carbocycles. The van der Waals surface area contributed by atoms with Crippen LogP contribution in [0.1, 0.15) is 20.8 Å². The summed E-state index contributed by atoms with van der Waals surface area (Å²) < 4.78 is 25.7. The van der Waals surface area contributed by atoms with E-state index in [9.17, 15) is 8.76 Å². The molecule has 1 aromatic rings. The second kappa shape index (κ2) is 3.26. The van der Waals surface area contributed by atoms with Crippen molar-refractivity contribution in [2.45, 2.75) is 25.9 Å². The molecule has 0 aliphatic rings. The van der Waals surface area contributed by atoms with Crippen molar-refractivity contribution in [2.75, 3.05) is 0 Å². The minimum Gasteiger partial charge on any atom is -0.282 e. The molecule has 0 spiro atoms. The van der Waals surface area contributed by atoms with E-state index in [0.29, 0.717) is 5.30 Å². The molecule has 72 valence electrons. The maximum Gasteiger partial charge on any atom is 0.277 e. The maximum absolute atomic E-state index is 13.9. The Labute approximate surface area is 78.5 Å². The van der Waals surface area contributed by atoms with E-state index in [1.165, 1.54) is 0 Å². The molecule has 0 N–H and O–H groups in total. The summed E-state index contributed by atoms with van der Waals surface area (Å²) in [7, 11) is -3.73. The van der Waals surface area contributed by atoms with Crippen molar-refractivity contribution in [3.8, 4) is 0 Å². The zero-order chi connectivity index (χ0) is 10.1. The van der Waals surface area contributed by atoms with Crippen LogP contribution in [0.25, 0.3) is 0 Å². The first-order chi connectivity index (χ1) is 5.86. The van der Waals surface area contributed by atoms with Gasteiger partial charge in [-0.3, -0.25) is 4.57 Å². The number of rotatable bonds is 1. The molecule has 1 atom stereocenters. The summed E-state index contributed by atoms with van der Waals surface area (Å²) in [5.41, 5.74) is 0. The summed E-state index contributed by atoms with van der Waals surface area (Å²) in [6.45, 7) is 4.96. The lowest BCUT2D eigenvalue weighted by molar-refractivity contribution is 0.518. The van der Waals surface area contributed by atoms with Crippen molar-refractivity contribution in [1.82, 2.24) is 0 Å². The molecule has 1 aromatic carbocycles. The molecule has 0 saturated heterocycles. The fourth-order valence-electron chi connectivity index (χ4n) is 1.01. The minimum absolute atomic E-state index is 0.308. The molecule has 0 aliphatic carbocycles. The van der Waals surface area contributed by atoms with Gasteiger partial charge in [-0.05, 0) is 12.1 Å². The highest BCUT2D eigenvalue weighted by atomic mass is 31.2. The van der Waals surface area contributed by atoms with Gasteiger partial charge in [0, 0.05) is 10.5 Å². The van der Waals surface area contributed by atoms with Gasteiger partial charge in [0.05, 0.1) is 0 Å². The predicted octanol–water partition coefficient (Wildman–Crippen LogP) is 3.36. The molecule has 0 heterocycles. The van der Waals surface area contributed by atoms with Crippen molar-refractivity contribution in [3.05, 3.63) is 30.3 Å². The van der Waals surface area contributed by atoms with Gasteiger partial charge in [-0.15, -0.1) is 0 Å². The Morgan fingerprint density at radius 2 is 1.62 bits per heavy atom. The Bertz CT molecular complexity index is 327. The highest BCUT2D eigenvalue weighted by Crippen LogP contribution is 2.57. The average molecular weight is 200 g/mol. The highest BCUT2D eigenvalue weighted by Gasteiger charge is 2.38. The van der Waals surface area contributed by atoms with Gasteiger partial charge in [-0.25, -0.2) is 0 Å². The third-order valence-corrected chi connectivity index (χ3v) is 4.64. The first-order valence-corrected chi connectivity index (χ1v) is 5.81. The van der Waals surface area contributed by atoms with Crippen LogP contribution in [0.4, 0.5) is 4.20 Å². The van der Waals surface area contributed by atoms with Crippen LogP contribution in [0.2, 0.25) is 0 Å². The molecule has 0 bridgehead atoms. The van der Waals surface area contributed by atoms with E-state index in [1.807, 2.05) is 0 Å². The fraction of sp³-hybridized carbons (Fsp3) is 0.400. The molecule has 13 heavy (non-hydrogen) atoms. The van der Waals surface area contributed by atoms with Gasteiger partial charge in [-0.1, -0.05) is 39.0 Å². The van der Waals surface area contributed by atoms with Crippen LogP contribution in [0, 0.1) is 0 Å². The molecule has 0 radical (unpaired) electrons. The summed E-state index contributed by atoms with van der Waals surface area (Å²) in [6.07, 6.45) is 0.